The molecular formula is C15H25N3. The Hall–Kier alpha value is -0.930. The number of hydrogen-bond acceptors (Lipinski definition) is 3. The fourth-order valence-electron chi connectivity index (χ4n) is 2.84. The predicted octanol–water partition coefficient (Wildman–Crippen LogP) is 2.46. The molecule has 1 N–H and O–H groups in total. The second-order valence-electron chi connectivity index (χ2n) is 5.78. The Morgan fingerprint density at radius 1 is 1.33 bits per heavy atom. The van der Waals surface area contributed by atoms with Crippen LogP contribution < -0.4 is 5.32 Å². The highest BCUT2D eigenvalue weighted by molar-refractivity contribution is 5.14. The molecule has 1 aromatic rings. The third kappa shape index (κ3) is 3.09. The number of nitrogens with zero attached hydrogens (tertiary/aromatic N) is 2. The Bertz CT molecular complexity index is 365. The van der Waals surface area contributed by atoms with Gasteiger partial charge in [0.25, 0.3) is 0 Å². The van der Waals surface area contributed by atoms with E-state index in [4.69, 9.17) is 0 Å². The highest BCUT2D eigenvalue weighted by atomic mass is 15.2. The average molecular weight is 247 g/mol. The first-order valence-corrected chi connectivity index (χ1v) is 6.94. The van der Waals surface area contributed by atoms with Crippen LogP contribution in [0.2, 0.25) is 0 Å². The molecule has 0 amide bonds. The fraction of sp³-hybridized carbons (Fsp3) is 0.667. The summed E-state index contributed by atoms with van der Waals surface area (Å²) in [5, 5.41) is 3.78. The molecule has 1 aliphatic heterocycles. The van der Waals surface area contributed by atoms with Gasteiger partial charge in [0, 0.05) is 37.1 Å². The molecule has 1 saturated heterocycles. The van der Waals surface area contributed by atoms with Gasteiger partial charge in [0.05, 0.1) is 0 Å². The summed E-state index contributed by atoms with van der Waals surface area (Å²) in [4.78, 5) is 6.54. The van der Waals surface area contributed by atoms with Crippen LogP contribution in [0.5, 0.6) is 0 Å². The molecule has 3 nitrogen and oxygen atoms in total. The lowest BCUT2D eigenvalue weighted by molar-refractivity contribution is 0.116. The smallest absolute Gasteiger partial charge is 0.0295 e. The van der Waals surface area contributed by atoms with Crippen LogP contribution >= 0.6 is 0 Å². The first-order valence-electron chi connectivity index (χ1n) is 6.94. The molecule has 18 heavy (non-hydrogen) atoms. The van der Waals surface area contributed by atoms with Gasteiger partial charge in [0.1, 0.15) is 0 Å². The molecule has 1 fully saturated rings. The highest BCUT2D eigenvalue weighted by Gasteiger charge is 2.29. The molecule has 3 unspecified atom stereocenters. The van der Waals surface area contributed by atoms with Crippen molar-refractivity contribution in [3.63, 3.8) is 0 Å². The Morgan fingerprint density at radius 3 is 2.67 bits per heavy atom. The lowest BCUT2D eigenvalue weighted by Gasteiger charge is -2.41. The molecule has 4 atom stereocenters. The molecule has 0 radical (unpaired) electrons. The van der Waals surface area contributed by atoms with Crippen molar-refractivity contribution in [3.8, 4) is 0 Å². The lowest BCUT2D eigenvalue weighted by Crippen LogP contribution is -2.51. The number of piperidine rings is 1. The van der Waals surface area contributed by atoms with Gasteiger partial charge in [0.2, 0.25) is 0 Å². The van der Waals surface area contributed by atoms with Crippen LogP contribution in [0.25, 0.3) is 0 Å². The first kappa shape index (κ1) is 13.5. The van der Waals surface area contributed by atoms with Crippen LogP contribution in [0, 0.1) is 5.92 Å². The summed E-state index contributed by atoms with van der Waals surface area (Å²) in [6, 6.07) is 5.88. The molecule has 100 valence electrons. The average Bonchev–Trinajstić information content (AvgIpc) is 2.37. The molecule has 0 saturated carbocycles. The van der Waals surface area contributed by atoms with E-state index in [9.17, 15) is 0 Å². The maximum Gasteiger partial charge on any atom is 0.0295 e. The van der Waals surface area contributed by atoms with Gasteiger partial charge in [-0.05, 0) is 50.9 Å². The minimum atomic E-state index is 0.399. The molecule has 0 aliphatic carbocycles. The Morgan fingerprint density at radius 2 is 2.00 bits per heavy atom. The predicted molar refractivity (Wildman–Crippen MR) is 75.4 cm³/mol. The maximum atomic E-state index is 4.08. The quantitative estimate of drug-likeness (QED) is 0.889. The van der Waals surface area contributed by atoms with Crippen molar-refractivity contribution in [2.45, 2.75) is 45.3 Å². The number of aromatic nitrogens is 1. The van der Waals surface area contributed by atoms with Crippen molar-refractivity contribution < 1.29 is 0 Å². The normalized spacial score (nSPS) is 31.2. The topological polar surface area (TPSA) is 28.2 Å². The molecule has 2 heterocycles. The second kappa shape index (κ2) is 5.81. The van der Waals surface area contributed by atoms with Crippen LogP contribution in [-0.4, -0.2) is 35.6 Å². The summed E-state index contributed by atoms with van der Waals surface area (Å²) in [6.45, 7) is 8.09. The number of pyridine rings is 1. The molecule has 1 aromatic heterocycles. The zero-order valence-electron chi connectivity index (χ0n) is 11.9. The van der Waals surface area contributed by atoms with Crippen molar-refractivity contribution in [1.82, 2.24) is 15.2 Å². The Balaban J connectivity index is 1.97. The Labute approximate surface area is 111 Å². The lowest BCUT2D eigenvalue weighted by atomic mass is 9.89. The van der Waals surface area contributed by atoms with Gasteiger partial charge in [-0.15, -0.1) is 0 Å². The highest BCUT2D eigenvalue weighted by Crippen LogP contribution is 2.23. The van der Waals surface area contributed by atoms with Crippen molar-refractivity contribution >= 4 is 0 Å². The first-order chi connectivity index (χ1) is 8.58. The van der Waals surface area contributed by atoms with E-state index in [-0.39, 0.29) is 0 Å². The van der Waals surface area contributed by atoms with E-state index < -0.39 is 0 Å². The summed E-state index contributed by atoms with van der Waals surface area (Å²) >= 11 is 0. The zero-order valence-corrected chi connectivity index (χ0v) is 11.9. The summed E-state index contributed by atoms with van der Waals surface area (Å²) in [5.41, 5.74) is 1.32. The summed E-state index contributed by atoms with van der Waals surface area (Å²) in [7, 11) is 2.23. The van der Waals surface area contributed by atoms with Crippen molar-refractivity contribution in [1.29, 1.82) is 0 Å². The van der Waals surface area contributed by atoms with E-state index in [1.807, 2.05) is 12.4 Å². The fourth-order valence-corrected chi connectivity index (χ4v) is 2.84. The Kier molecular flexibility index (Phi) is 4.36. The third-order valence-corrected chi connectivity index (χ3v) is 4.28. The van der Waals surface area contributed by atoms with E-state index in [2.05, 4.69) is 55.2 Å². The van der Waals surface area contributed by atoms with Gasteiger partial charge in [0.15, 0.2) is 0 Å². The maximum absolute atomic E-state index is 4.08. The van der Waals surface area contributed by atoms with Gasteiger partial charge in [-0.1, -0.05) is 6.92 Å². The largest absolute Gasteiger partial charge is 0.307 e. The molecule has 1 aliphatic rings. The van der Waals surface area contributed by atoms with Crippen molar-refractivity contribution in [3.05, 3.63) is 30.1 Å². The van der Waals surface area contributed by atoms with Gasteiger partial charge < -0.3 is 10.2 Å². The SMILES string of the molecule is CC1CN(C)C(C)CC1N[C@H](C)c1ccncc1. The number of rotatable bonds is 3. The van der Waals surface area contributed by atoms with Crippen LogP contribution in [0.1, 0.15) is 38.8 Å². The molecule has 0 aromatic carbocycles. The van der Waals surface area contributed by atoms with E-state index >= 15 is 0 Å². The van der Waals surface area contributed by atoms with Crippen LogP contribution in [0.4, 0.5) is 0 Å². The molecule has 2 rings (SSSR count). The van der Waals surface area contributed by atoms with Crippen LogP contribution in [0.15, 0.2) is 24.5 Å². The molecular weight excluding hydrogens is 222 g/mol. The van der Waals surface area contributed by atoms with E-state index in [1.165, 1.54) is 18.5 Å². The molecule has 3 heteroatoms. The molecule has 0 bridgehead atoms. The summed E-state index contributed by atoms with van der Waals surface area (Å²) < 4.78 is 0. The van der Waals surface area contributed by atoms with Crippen LogP contribution in [-0.2, 0) is 0 Å². The molecule has 0 spiro atoms. The van der Waals surface area contributed by atoms with Crippen molar-refractivity contribution in [2.75, 3.05) is 13.6 Å². The number of hydrogen-bond donors (Lipinski definition) is 1. The van der Waals surface area contributed by atoms with E-state index in [1.54, 1.807) is 0 Å². The van der Waals surface area contributed by atoms with E-state index in [0.29, 0.717) is 24.0 Å². The summed E-state index contributed by atoms with van der Waals surface area (Å²) in [5.74, 6) is 0.704. The minimum absolute atomic E-state index is 0.399. The number of likely N-dealkylation sites (tertiary alicyclic amines) is 1. The van der Waals surface area contributed by atoms with Gasteiger partial charge in [-0.2, -0.15) is 0 Å². The van der Waals surface area contributed by atoms with E-state index in [0.717, 1.165) is 0 Å². The minimum Gasteiger partial charge on any atom is -0.307 e. The second-order valence-corrected chi connectivity index (χ2v) is 5.78. The third-order valence-electron chi connectivity index (χ3n) is 4.28. The van der Waals surface area contributed by atoms with Gasteiger partial charge >= 0.3 is 0 Å². The number of nitrogens with one attached hydrogen (secondary N) is 1. The monoisotopic (exact) mass is 247 g/mol. The zero-order chi connectivity index (χ0) is 13.1. The van der Waals surface area contributed by atoms with Gasteiger partial charge in [-0.3, -0.25) is 4.98 Å². The standard InChI is InChI=1S/C15H25N3/c1-11-10-18(4)12(2)9-15(11)17-13(3)14-5-7-16-8-6-14/h5-8,11-13,15,17H,9-10H2,1-4H3/t11?,12?,13-,15?/m1/s1. The van der Waals surface area contributed by atoms with Crippen molar-refractivity contribution in [2.24, 2.45) is 5.92 Å². The van der Waals surface area contributed by atoms with Crippen LogP contribution in [0.3, 0.4) is 0 Å². The summed E-state index contributed by atoms with van der Waals surface area (Å²) in [6.07, 6.45) is 4.97. The van der Waals surface area contributed by atoms with Gasteiger partial charge in [-0.25, -0.2) is 0 Å².